The highest BCUT2D eigenvalue weighted by atomic mass is 35.5. The van der Waals surface area contributed by atoms with Gasteiger partial charge in [-0.15, -0.1) is 0 Å². The van der Waals surface area contributed by atoms with Gasteiger partial charge in [-0.1, -0.05) is 11.6 Å². The number of nitrogens with zero attached hydrogens (tertiary/aromatic N) is 2. The van der Waals surface area contributed by atoms with Crippen molar-refractivity contribution in [3.63, 3.8) is 0 Å². The zero-order chi connectivity index (χ0) is 12.5. The molecular formula is C10H13ClN4O2. The molecule has 7 heteroatoms. The molecule has 0 aliphatic carbocycles. The van der Waals surface area contributed by atoms with E-state index in [4.69, 9.17) is 22.1 Å². The van der Waals surface area contributed by atoms with Crippen molar-refractivity contribution in [1.29, 1.82) is 0 Å². The Hall–Kier alpha value is -1.24. The minimum atomic E-state index is -1.00. The molecule has 1 unspecified atom stereocenters. The first-order chi connectivity index (χ1) is 7.99. The van der Waals surface area contributed by atoms with Crippen LogP contribution >= 0.6 is 11.6 Å². The minimum Gasteiger partial charge on any atom is -0.379 e. The van der Waals surface area contributed by atoms with Crippen LogP contribution in [-0.2, 0) is 9.53 Å². The largest absolute Gasteiger partial charge is 0.379 e. The summed E-state index contributed by atoms with van der Waals surface area (Å²) >= 11 is 5.77. The van der Waals surface area contributed by atoms with Gasteiger partial charge in [-0.3, -0.25) is 10.1 Å². The second-order valence-corrected chi connectivity index (χ2v) is 4.46. The van der Waals surface area contributed by atoms with Gasteiger partial charge in [0.1, 0.15) is 10.7 Å². The SMILES string of the molecule is Cc1cc(Cl)nc(NC(=O)C2(N)CCOC2)n1. The van der Waals surface area contributed by atoms with Gasteiger partial charge in [0.2, 0.25) is 11.9 Å². The van der Waals surface area contributed by atoms with Crippen LogP contribution in [0.2, 0.25) is 5.15 Å². The topological polar surface area (TPSA) is 90.1 Å². The Labute approximate surface area is 104 Å². The summed E-state index contributed by atoms with van der Waals surface area (Å²) in [6, 6.07) is 1.61. The molecule has 1 aliphatic heterocycles. The number of carbonyl (C=O) groups is 1. The number of hydrogen-bond donors (Lipinski definition) is 2. The maximum Gasteiger partial charge on any atom is 0.249 e. The molecule has 1 fully saturated rings. The Morgan fingerprint density at radius 1 is 1.65 bits per heavy atom. The van der Waals surface area contributed by atoms with Crippen molar-refractivity contribution in [2.45, 2.75) is 18.9 Å². The first-order valence-electron chi connectivity index (χ1n) is 5.19. The molecule has 1 atom stereocenters. The van der Waals surface area contributed by atoms with E-state index in [1.54, 1.807) is 13.0 Å². The number of nitrogens with two attached hydrogens (primary N) is 1. The first kappa shape index (κ1) is 12.2. The molecule has 3 N–H and O–H groups in total. The molecule has 0 saturated carbocycles. The number of rotatable bonds is 2. The van der Waals surface area contributed by atoms with Crippen LogP contribution in [0.3, 0.4) is 0 Å². The average molecular weight is 257 g/mol. The number of halogens is 1. The lowest BCUT2D eigenvalue weighted by atomic mass is 9.99. The highest BCUT2D eigenvalue weighted by Gasteiger charge is 2.38. The third kappa shape index (κ3) is 2.71. The zero-order valence-electron chi connectivity index (χ0n) is 9.36. The van der Waals surface area contributed by atoms with Crippen molar-refractivity contribution in [2.24, 2.45) is 5.73 Å². The highest BCUT2D eigenvalue weighted by molar-refractivity contribution is 6.29. The third-order valence-corrected chi connectivity index (χ3v) is 2.75. The molecule has 17 heavy (non-hydrogen) atoms. The van der Waals surface area contributed by atoms with E-state index in [0.717, 1.165) is 0 Å². The monoisotopic (exact) mass is 256 g/mol. The van der Waals surface area contributed by atoms with Crippen LogP contribution in [0.4, 0.5) is 5.95 Å². The van der Waals surface area contributed by atoms with Gasteiger partial charge in [-0.05, 0) is 19.4 Å². The van der Waals surface area contributed by atoms with Crippen molar-refractivity contribution in [2.75, 3.05) is 18.5 Å². The predicted octanol–water partition coefficient (Wildman–Crippen LogP) is 0.495. The summed E-state index contributed by atoms with van der Waals surface area (Å²) in [7, 11) is 0. The lowest BCUT2D eigenvalue weighted by Gasteiger charge is -2.19. The van der Waals surface area contributed by atoms with Gasteiger partial charge in [-0.25, -0.2) is 9.97 Å². The summed E-state index contributed by atoms with van der Waals surface area (Å²) in [5, 5.41) is 2.83. The van der Waals surface area contributed by atoms with E-state index in [1.165, 1.54) is 0 Å². The Morgan fingerprint density at radius 3 is 3.00 bits per heavy atom. The highest BCUT2D eigenvalue weighted by Crippen LogP contribution is 2.18. The van der Waals surface area contributed by atoms with Crippen LogP contribution in [0.25, 0.3) is 0 Å². The quantitative estimate of drug-likeness (QED) is 0.752. The minimum absolute atomic E-state index is 0.164. The summed E-state index contributed by atoms with van der Waals surface area (Å²) in [6.07, 6.45) is 0.485. The average Bonchev–Trinajstić information content (AvgIpc) is 2.64. The van der Waals surface area contributed by atoms with Gasteiger partial charge in [0, 0.05) is 12.3 Å². The third-order valence-electron chi connectivity index (χ3n) is 2.55. The summed E-state index contributed by atoms with van der Waals surface area (Å²) in [5.41, 5.74) is 5.58. The number of hydrogen-bond acceptors (Lipinski definition) is 5. The second-order valence-electron chi connectivity index (χ2n) is 4.07. The van der Waals surface area contributed by atoms with E-state index < -0.39 is 5.54 Å². The molecular weight excluding hydrogens is 244 g/mol. The van der Waals surface area contributed by atoms with E-state index in [2.05, 4.69) is 15.3 Å². The number of nitrogens with one attached hydrogen (secondary N) is 1. The van der Waals surface area contributed by atoms with E-state index in [-0.39, 0.29) is 23.6 Å². The summed E-state index contributed by atoms with van der Waals surface area (Å²) < 4.78 is 5.11. The van der Waals surface area contributed by atoms with Gasteiger partial charge in [0.15, 0.2) is 0 Å². The van der Waals surface area contributed by atoms with Gasteiger partial charge >= 0.3 is 0 Å². The Kier molecular flexibility index (Phi) is 3.28. The lowest BCUT2D eigenvalue weighted by molar-refractivity contribution is -0.121. The number of amides is 1. The molecule has 0 aromatic carbocycles. The van der Waals surface area contributed by atoms with E-state index in [0.29, 0.717) is 18.7 Å². The Morgan fingerprint density at radius 2 is 2.41 bits per heavy atom. The maximum absolute atomic E-state index is 11.9. The molecule has 0 bridgehead atoms. The molecule has 1 amide bonds. The molecule has 0 radical (unpaired) electrons. The molecule has 1 aliphatic rings. The molecule has 1 saturated heterocycles. The van der Waals surface area contributed by atoms with E-state index >= 15 is 0 Å². The van der Waals surface area contributed by atoms with Crippen LogP contribution < -0.4 is 11.1 Å². The van der Waals surface area contributed by atoms with Crippen LogP contribution in [0, 0.1) is 6.92 Å². The second kappa shape index (κ2) is 4.56. The number of aromatic nitrogens is 2. The van der Waals surface area contributed by atoms with Crippen molar-refractivity contribution >= 4 is 23.5 Å². The summed E-state index contributed by atoms with van der Waals surface area (Å²) in [6.45, 7) is 2.46. The fourth-order valence-electron chi connectivity index (χ4n) is 1.57. The molecule has 1 aromatic rings. The smallest absolute Gasteiger partial charge is 0.249 e. The van der Waals surface area contributed by atoms with E-state index in [9.17, 15) is 4.79 Å². The van der Waals surface area contributed by atoms with Gasteiger partial charge in [-0.2, -0.15) is 0 Å². The standard InChI is InChI=1S/C10H13ClN4O2/c1-6-4-7(11)14-9(13-6)15-8(16)10(12)2-3-17-5-10/h4H,2-3,5,12H2,1H3,(H,13,14,15,16). The Balaban J connectivity index is 2.12. The van der Waals surface area contributed by atoms with Crippen molar-refractivity contribution in [1.82, 2.24) is 9.97 Å². The van der Waals surface area contributed by atoms with Crippen molar-refractivity contribution in [3.05, 3.63) is 16.9 Å². The molecule has 1 aromatic heterocycles. The first-order valence-corrected chi connectivity index (χ1v) is 5.57. The summed E-state index contributed by atoms with van der Waals surface area (Å²) in [4.78, 5) is 19.9. The van der Waals surface area contributed by atoms with Gasteiger partial charge < -0.3 is 10.5 Å². The molecule has 6 nitrogen and oxygen atoms in total. The molecule has 92 valence electrons. The van der Waals surface area contributed by atoms with Crippen LogP contribution in [0.15, 0.2) is 6.07 Å². The number of aryl methyl sites for hydroxylation is 1. The molecule has 0 spiro atoms. The van der Waals surface area contributed by atoms with E-state index in [1.807, 2.05) is 0 Å². The fourth-order valence-corrected chi connectivity index (χ4v) is 1.81. The van der Waals surface area contributed by atoms with Crippen LogP contribution in [0.5, 0.6) is 0 Å². The molecule has 2 heterocycles. The van der Waals surface area contributed by atoms with Crippen LogP contribution in [0.1, 0.15) is 12.1 Å². The zero-order valence-corrected chi connectivity index (χ0v) is 10.1. The van der Waals surface area contributed by atoms with Gasteiger partial charge in [0.05, 0.1) is 6.61 Å². The summed E-state index contributed by atoms with van der Waals surface area (Å²) in [5.74, 6) is -0.187. The fraction of sp³-hybridized carbons (Fsp3) is 0.500. The number of anilines is 1. The normalized spacial score (nSPS) is 23.7. The lowest BCUT2D eigenvalue weighted by Crippen LogP contribution is -2.51. The Bertz CT molecular complexity index is 426. The predicted molar refractivity (Wildman–Crippen MR) is 62.8 cm³/mol. The number of carbonyl (C=O) groups excluding carboxylic acids is 1. The maximum atomic E-state index is 11.9. The van der Waals surface area contributed by atoms with Crippen molar-refractivity contribution < 1.29 is 9.53 Å². The van der Waals surface area contributed by atoms with Crippen LogP contribution in [-0.4, -0.2) is 34.6 Å². The number of ether oxygens (including phenoxy) is 1. The van der Waals surface area contributed by atoms with Crippen molar-refractivity contribution in [3.8, 4) is 0 Å². The van der Waals surface area contributed by atoms with Gasteiger partial charge in [0.25, 0.3) is 0 Å². The molecule has 2 rings (SSSR count).